The number of methoxy groups -OCH3 is 1. The first kappa shape index (κ1) is 22.0. The van der Waals surface area contributed by atoms with Gasteiger partial charge in [0.15, 0.2) is 0 Å². The summed E-state index contributed by atoms with van der Waals surface area (Å²) in [5.74, 6) is -0.236. The van der Waals surface area contributed by atoms with Crippen LogP contribution in [0.25, 0.3) is 22.3 Å². The lowest BCUT2D eigenvalue weighted by atomic mass is 9.85. The molecule has 0 spiro atoms. The van der Waals surface area contributed by atoms with Gasteiger partial charge >= 0.3 is 6.16 Å². The van der Waals surface area contributed by atoms with Gasteiger partial charge in [-0.2, -0.15) is 0 Å². The van der Waals surface area contributed by atoms with Crippen LogP contribution in [0.15, 0.2) is 16.9 Å². The third-order valence-corrected chi connectivity index (χ3v) is 6.35. The van der Waals surface area contributed by atoms with Gasteiger partial charge in [0.25, 0.3) is 5.56 Å². The Hall–Kier alpha value is -3.22. The number of rotatable bonds is 2. The number of ether oxygens (including phenoxy) is 2. The molecule has 7 heteroatoms. The molecule has 2 aliphatic rings. The number of halogens is 1. The van der Waals surface area contributed by atoms with E-state index in [9.17, 15) is 14.0 Å². The van der Waals surface area contributed by atoms with Gasteiger partial charge in [-0.1, -0.05) is 13.8 Å². The van der Waals surface area contributed by atoms with Crippen LogP contribution in [0.4, 0.5) is 9.18 Å². The third kappa shape index (κ3) is 3.27. The van der Waals surface area contributed by atoms with Crippen molar-refractivity contribution in [1.29, 1.82) is 0 Å². The van der Waals surface area contributed by atoms with Gasteiger partial charge in [0, 0.05) is 17.0 Å². The van der Waals surface area contributed by atoms with E-state index in [4.69, 9.17) is 9.72 Å². The van der Waals surface area contributed by atoms with Gasteiger partial charge in [-0.25, -0.2) is 14.2 Å². The van der Waals surface area contributed by atoms with Gasteiger partial charge in [-0.15, -0.1) is 0 Å². The van der Waals surface area contributed by atoms with Crippen molar-refractivity contribution in [2.24, 2.45) is 0 Å². The van der Waals surface area contributed by atoms with E-state index in [1.165, 1.54) is 18.7 Å². The molecule has 6 nitrogen and oxygen atoms in total. The summed E-state index contributed by atoms with van der Waals surface area (Å²) in [7, 11) is 1.22. The molecule has 2 aromatic heterocycles. The lowest BCUT2D eigenvalue weighted by molar-refractivity contribution is 0.0664. The molecule has 1 aliphatic carbocycles. The molecular formula is C25H27FN2O4. The number of hydrogen-bond donors (Lipinski definition) is 0. The van der Waals surface area contributed by atoms with E-state index in [-0.39, 0.29) is 18.0 Å². The second-order valence-electron chi connectivity index (χ2n) is 7.95. The predicted octanol–water partition coefficient (Wildman–Crippen LogP) is 4.98. The second-order valence-corrected chi connectivity index (χ2v) is 7.95. The van der Waals surface area contributed by atoms with Crippen molar-refractivity contribution >= 4 is 17.1 Å². The highest BCUT2D eigenvalue weighted by Crippen LogP contribution is 2.41. The molecule has 0 saturated heterocycles. The van der Waals surface area contributed by atoms with Crippen molar-refractivity contribution < 1.29 is 18.7 Å². The Bertz CT molecular complexity index is 1310. The average molecular weight is 438 g/mol. The van der Waals surface area contributed by atoms with E-state index in [0.29, 0.717) is 28.8 Å². The summed E-state index contributed by atoms with van der Waals surface area (Å²) in [6.45, 7) is 7.90. The molecule has 0 bridgehead atoms. The second kappa shape index (κ2) is 8.37. The van der Waals surface area contributed by atoms with Crippen LogP contribution in [0, 0.1) is 19.7 Å². The number of pyridine rings is 2. The SMILES string of the molecule is CC.COC(=O)OCc1c(C)cc2n(c1=O)Cc1c-2nc2cc(F)c(C)c3c2c1CCC3. The van der Waals surface area contributed by atoms with Crippen LogP contribution in [-0.2, 0) is 35.5 Å². The highest BCUT2D eigenvalue weighted by Gasteiger charge is 2.30. The van der Waals surface area contributed by atoms with Crippen molar-refractivity contribution in [2.75, 3.05) is 7.11 Å². The van der Waals surface area contributed by atoms with Crippen molar-refractivity contribution in [1.82, 2.24) is 9.55 Å². The zero-order valence-corrected chi connectivity index (χ0v) is 19.1. The number of nitrogens with zero attached hydrogens (tertiary/aromatic N) is 2. The number of hydrogen-bond acceptors (Lipinski definition) is 5. The van der Waals surface area contributed by atoms with Crippen LogP contribution in [0.1, 0.15) is 53.6 Å². The maximum absolute atomic E-state index is 14.5. The molecule has 5 rings (SSSR count). The zero-order chi connectivity index (χ0) is 23.2. The number of fused-ring (bicyclic) bond motifs is 4. The molecule has 32 heavy (non-hydrogen) atoms. The van der Waals surface area contributed by atoms with Crippen molar-refractivity contribution in [2.45, 2.75) is 60.1 Å². The van der Waals surface area contributed by atoms with Crippen LogP contribution in [0.3, 0.4) is 0 Å². The highest BCUT2D eigenvalue weighted by atomic mass is 19.1. The monoisotopic (exact) mass is 438 g/mol. The molecule has 3 aromatic rings. The summed E-state index contributed by atoms with van der Waals surface area (Å²) < 4.78 is 25.7. The Morgan fingerprint density at radius 1 is 1.16 bits per heavy atom. The molecule has 168 valence electrons. The maximum atomic E-state index is 14.5. The van der Waals surface area contributed by atoms with Crippen LogP contribution in [-0.4, -0.2) is 22.8 Å². The Kier molecular flexibility index (Phi) is 5.75. The van der Waals surface area contributed by atoms with Gasteiger partial charge in [-0.05, 0) is 61.4 Å². The van der Waals surface area contributed by atoms with Crippen LogP contribution in [0.5, 0.6) is 0 Å². The van der Waals surface area contributed by atoms with Crippen molar-refractivity contribution in [3.8, 4) is 11.4 Å². The molecule has 0 fully saturated rings. The first-order valence-electron chi connectivity index (χ1n) is 11.0. The summed E-state index contributed by atoms with van der Waals surface area (Å²) in [5, 5.41) is 1.05. The summed E-state index contributed by atoms with van der Waals surface area (Å²) >= 11 is 0. The number of carbonyl (C=O) groups is 1. The smallest absolute Gasteiger partial charge is 0.438 e. The molecular weight excluding hydrogens is 411 g/mol. The first-order valence-corrected chi connectivity index (χ1v) is 11.0. The standard InChI is InChI=1S/C23H21FN2O4.C2H6/c1-11-7-19-21-15(9-26(19)22(27)16(11)10-30-23(28)29-3)14-6-4-5-13-12(2)17(24)8-18(25-21)20(13)14;1-2/h7-8H,4-6,9-10H2,1-3H3;1-2H3. The highest BCUT2D eigenvalue weighted by molar-refractivity contribution is 5.92. The van der Waals surface area contributed by atoms with E-state index >= 15 is 0 Å². The zero-order valence-electron chi connectivity index (χ0n) is 19.1. The van der Waals surface area contributed by atoms with E-state index in [1.807, 2.05) is 33.8 Å². The summed E-state index contributed by atoms with van der Waals surface area (Å²) in [4.78, 5) is 29.3. The lowest BCUT2D eigenvalue weighted by Gasteiger charge is -2.21. The minimum atomic E-state index is -0.829. The Morgan fingerprint density at radius 2 is 1.88 bits per heavy atom. The summed E-state index contributed by atoms with van der Waals surface area (Å²) in [5.41, 5.74) is 6.98. The molecule has 0 radical (unpaired) electrons. The average Bonchev–Trinajstić information content (AvgIpc) is 3.17. The third-order valence-electron chi connectivity index (χ3n) is 6.35. The van der Waals surface area contributed by atoms with Crippen LogP contribution < -0.4 is 5.56 Å². The Labute approximate surface area is 186 Å². The van der Waals surface area contributed by atoms with Gasteiger partial charge < -0.3 is 14.0 Å². The minimum absolute atomic E-state index is 0.148. The van der Waals surface area contributed by atoms with E-state index in [0.717, 1.165) is 47.2 Å². The lowest BCUT2D eigenvalue weighted by Crippen LogP contribution is -2.25. The quantitative estimate of drug-likeness (QED) is 0.413. The minimum Gasteiger partial charge on any atom is -0.438 e. The fourth-order valence-corrected chi connectivity index (χ4v) is 4.79. The molecule has 0 saturated carbocycles. The Balaban J connectivity index is 0.00000119. The molecule has 0 N–H and O–H groups in total. The topological polar surface area (TPSA) is 70.4 Å². The van der Waals surface area contributed by atoms with Gasteiger partial charge in [0.05, 0.1) is 36.1 Å². The largest absolute Gasteiger partial charge is 0.508 e. The summed E-state index contributed by atoms with van der Waals surface area (Å²) in [6.07, 6.45) is 1.85. The number of carbonyl (C=O) groups excluding carboxylic acids is 1. The normalized spacial score (nSPS) is 13.2. The summed E-state index contributed by atoms with van der Waals surface area (Å²) in [6, 6.07) is 3.40. The van der Waals surface area contributed by atoms with Gasteiger partial charge in [-0.3, -0.25) is 4.79 Å². The fourth-order valence-electron chi connectivity index (χ4n) is 4.79. The maximum Gasteiger partial charge on any atom is 0.508 e. The van der Waals surface area contributed by atoms with Crippen LogP contribution >= 0.6 is 0 Å². The molecule has 3 heterocycles. The number of aromatic nitrogens is 2. The fraction of sp³-hybridized carbons (Fsp3) is 0.400. The first-order chi connectivity index (χ1) is 15.4. The van der Waals surface area contributed by atoms with E-state index in [1.54, 1.807) is 4.57 Å². The molecule has 1 aromatic carbocycles. The van der Waals surface area contributed by atoms with Crippen molar-refractivity contribution in [3.05, 3.63) is 61.7 Å². The molecule has 0 unspecified atom stereocenters. The predicted molar refractivity (Wildman–Crippen MR) is 121 cm³/mol. The van der Waals surface area contributed by atoms with Crippen molar-refractivity contribution in [3.63, 3.8) is 0 Å². The number of benzene rings is 1. The molecule has 1 aliphatic heterocycles. The van der Waals surface area contributed by atoms with Crippen LogP contribution in [0.2, 0.25) is 0 Å². The molecule has 0 atom stereocenters. The van der Waals surface area contributed by atoms with E-state index < -0.39 is 6.16 Å². The van der Waals surface area contributed by atoms with E-state index in [2.05, 4.69) is 4.74 Å². The Morgan fingerprint density at radius 3 is 2.59 bits per heavy atom. The van der Waals surface area contributed by atoms with Gasteiger partial charge in [0.2, 0.25) is 0 Å². The van der Waals surface area contributed by atoms with Gasteiger partial charge in [0.1, 0.15) is 12.4 Å². The molecule has 0 amide bonds. The number of aryl methyl sites for hydroxylation is 3.